The number of unbranched alkanes of at least 4 members (excludes halogenated alkanes) is 9. The van der Waals surface area contributed by atoms with Crippen molar-refractivity contribution >= 4 is 0 Å². The van der Waals surface area contributed by atoms with Crippen LogP contribution in [0.3, 0.4) is 0 Å². The van der Waals surface area contributed by atoms with E-state index in [1.807, 2.05) is 36.4 Å². The van der Waals surface area contributed by atoms with Crippen molar-refractivity contribution in [2.45, 2.75) is 97.1 Å². The molecule has 1 aromatic heterocycles. The molecule has 2 aromatic rings. The van der Waals surface area contributed by atoms with Crippen molar-refractivity contribution in [1.29, 1.82) is 0 Å². The maximum atomic E-state index is 13.8. The van der Waals surface area contributed by atoms with Gasteiger partial charge in [-0.05, 0) is 49.2 Å². The standard InChI is InChI=1S/C28H42FNO2/c1-3-5-7-8-9-10-11-13-21-31-26-17-15-24(16-18-26)28-20-19-27(22-30-28)32-23-25(29)14-12-6-4-2/h15-20,22,25H,3-14,21,23H2,1-2H3. The fraction of sp³-hybridized carbons (Fsp3) is 0.607. The Morgan fingerprint density at radius 2 is 1.34 bits per heavy atom. The highest BCUT2D eigenvalue weighted by Gasteiger charge is 2.08. The van der Waals surface area contributed by atoms with E-state index in [0.717, 1.165) is 49.3 Å². The second-order valence-electron chi connectivity index (χ2n) is 8.63. The van der Waals surface area contributed by atoms with Crippen LogP contribution in [-0.4, -0.2) is 24.4 Å². The summed E-state index contributed by atoms with van der Waals surface area (Å²) in [6.45, 7) is 5.24. The predicted octanol–water partition coefficient (Wildman–Crippen LogP) is 8.57. The largest absolute Gasteiger partial charge is 0.494 e. The summed E-state index contributed by atoms with van der Waals surface area (Å²) in [5, 5.41) is 0. The molecule has 0 N–H and O–H groups in total. The summed E-state index contributed by atoms with van der Waals surface area (Å²) in [6, 6.07) is 11.8. The van der Waals surface area contributed by atoms with Crippen LogP contribution in [0.25, 0.3) is 11.3 Å². The van der Waals surface area contributed by atoms with E-state index in [0.29, 0.717) is 12.2 Å². The Bertz CT molecular complexity index is 702. The number of pyridine rings is 1. The summed E-state index contributed by atoms with van der Waals surface area (Å²) in [5.41, 5.74) is 1.89. The van der Waals surface area contributed by atoms with E-state index in [2.05, 4.69) is 18.8 Å². The van der Waals surface area contributed by atoms with E-state index >= 15 is 0 Å². The van der Waals surface area contributed by atoms with Crippen molar-refractivity contribution < 1.29 is 13.9 Å². The van der Waals surface area contributed by atoms with E-state index < -0.39 is 6.17 Å². The van der Waals surface area contributed by atoms with Crippen LogP contribution >= 0.6 is 0 Å². The van der Waals surface area contributed by atoms with Crippen LogP contribution in [0.2, 0.25) is 0 Å². The third-order valence-corrected chi connectivity index (χ3v) is 5.70. The number of hydrogen-bond donors (Lipinski definition) is 0. The quantitative estimate of drug-likeness (QED) is 0.216. The van der Waals surface area contributed by atoms with Crippen molar-refractivity contribution in [1.82, 2.24) is 4.98 Å². The van der Waals surface area contributed by atoms with Gasteiger partial charge in [-0.2, -0.15) is 0 Å². The minimum absolute atomic E-state index is 0.0929. The molecular weight excluding hydrogens is 401 g/mol. The zero-order valence-corrected chi connectivity index (χ0v) is 20.2. The molecular formula is C28H42FNO2. The molecule has 0 amide bonds. The van der Waals surface area contributed by atoms with Gasteiger partial charge in [0.2, 0.25) is 0 Å². The summed E-state index contributed by atoms with van der Waals surface area (Å²) in [6.07, 6.45) is 14.8. The van der Waals surface area contributed by atoms with Crippen LogP contribution in [0.1, 0.15) is 90.9 Å². The van der Waals surface area contributed by atoms with E-state index in [1.165, 1.54) is 44.9 Å². The molecule has 0 saturated carbocycles. The molecule has 0 aliphatic carbocycles. The third-order valence-electron chi connectivity index (χ3n) is 5.70. The molecule has 0 saturated heterocycles. The first kappa shape index (κ1) is 26.2. The summed E-state index contributed by atoms with van der Waals surface area (Å²) in [4.78, 5) is 4.47. The van der Waals surface area contributed by atoms with Gasteiger partial charge in [0.25, 0.3) is 0 Å². The van der Waals surface area contributed by atoms with Crippen molar-refractivity contribution in [3.05, 3.63) is 42.6 Å². The van der Waals surface area contributed by atoms with Gasteiger partial charge in [0.15, 0.2) is 0 Å². The molecule has 1 atom stereocenters. The molecule has 0 aliphatic rings. The molecule has 3 nitrogen and oxygen atoms in total. The molecule has 0 bridgehead atoms. The van der Waals surface area contributed by atoms with Crippen LogP contribution in [0.5, 0.6) is 11.5 Å². The van der Waals surface area contributed by atoms with Crippen molar-refractivity contribution in [2.75, 3.05) is 13.2 Å². The summed E-state index contributed by atoms with van der Waals surface area (Å²) in [5.74, 6) is 1.51. The molecule has 1 unspecified atom stereocenters. The average Bonchev–Trinajstić information content (AvgIpc) is 2.83. The Kier molecular flexibility index (Phi) is 13.5. The Morgan fingerprint density at radius 3 is 2.00 bits per heavy atom. The van der Waals surface area contributed by atoms with Crippen LogP contribution in [-0.2, 0) is 0 Å². The van der Waals surface area contributed by atoms with Crippen molar-refractivity contribution in [3.63, 3.8) is 0 Å². The third kappa shape index (κ3) is 11.0. The molecule has 0 spiro atoms. The van der Waals surface area contributed by atoms with Gasteiger partial charge in [-0.25, -0.2) is 4.39 Å². The zero-order valence-electron chi connectivity index (χ0n) is 20.2. The highest BCUT2D eigenvalue weighted by molar-refractivity contribution is 5.60. The summed E-state index contributed by atoms with van der Waals surface area (Å²) < 4.78 is 25.3. The number of hydrogen-bond acceptors (Lipinski definition) is 3. The number of nitrogens with zero attached hydrogens (tertiary/aromatic N) is 1. The smallest absolute Gasteiger partial charge is 0.137 e. The van der Waals surface area contributed by atoms with Crippen molar-refractivity contribution in [3.8, 4) is 22.8 Å². The van der Waals surface area contributed by atoms with Gasteiger partial charge in [-0.1, -0.05) is 78.1 Å². The number of rotatable bonds is 18. The first-order chi connectivity index (χ1) is 15.7. The maximum Gasteiger partial charge on any atom is 0.137 e. The molecule has 32 heavy (non-hydrogen) atoms. The first-order valence-electron chi connectivity index (χ1n) is 12.7. The Morgan fingerprint density at radius 1 is 0.719 bits per heavy atom. The molecule has 0 aliphatic heterocycles. The van der Waals surface area contributed by atoms with Crippen molar-refractivity contribution in [2.24, 2.45) is 0 Å². The average molecular weight is 444 g/mol. The highest BCUT2D eigenvalue weighted by atomic mass is 19.1. The highest BCUT2D eigenvalue weighted by Crippen LogP contribution is 2.23. The van der Waals surface area contributed by atoms with Crippen LogP contribution in [0.15, 0.2) is 42.6 Å². The Labute approximate surface area is 194 Å². The minimum atomic E-state index is -0.917. The van der Waals surface area contributed by atoms with E-state index in [9.17, 15) is 4.39 Å². The topological polar surface area (TPSA) is 31.4 Å². The number of aromatic nitrogens is 1. The lowest BCUT2D eigenvalue weighted by molar-refractivity contribution is 0.183. The second-order valence-corrected chi connectivity index (χ2v) is 8.63. The van der Waals surface area contributed by atoms with Gasteiger partial charge >= 0.3 is 0 Å². The van der Waals surface area contributed by atoms with Crippen LogP contribution in [0.4, 0.5) is 4.39 Å². The first-order valence-corrected chi connectivity index (χ1v) is 12.7. The maximum absolute atomic E-state index is 13.8. The molecule has 0 radical (unpaired) electrons. The number of benzene rings is 1. The fourth-order valence-electron chi connectivity index (χ4n) is 3.67. The van der Waals surface area contributed by atoms with E-state index in [1.54, 1.807) is 6.20 Å². The SMILES string of the molecule is CCCCCCCCCCOc1ccc(-c2ccc(OCC(F)CCCCC)cn2)cc1. The number of halogens is 1. The Balaban J connectivity index is 1.65. The molecule has 1 aromatic carbocycles. The Hall–Kier alpha value is -2.10. The van der Waals surface area contributed by atoms with Crippen LogP contribution < -0.4 is 9.47 Å². The van der Waals surface area contributed by atoms with Gasteiger partial charge in [0.05, 0.1) is 18.5 Å². The lowest BCUT2D eigenvalue weighted by Crippen LogP contribution is -2.12. The van der Waals surface area contributed by atoms with Gasteiger partial charge in [-0.3, -0.25) is 4.98 Å². The predicted molar refractivity (Wildman–Crippen MR) is 132 cm³/mol. The monoisotopic (exact) mass is 443 g/mol. The number of ether oxygens (including phenoxy) is 2. The van der Waals surface area contributed by atoms with Gasteiger partial charge in [0, 0.05) is 5.56 Å². The molecule has 0 fully saturated rings. The van der Waals surface area contributed by atoms with Gasteiger partial charge < -0.3 is 9.47 Å². The molecule has 2 rings (SSSR count). The van der Waals surface area contributed by atoms with Gasteiger partial charge in [0.1, 0.15) is 24.3 Å². The number of alkyl halides is 1. The molecule has 178 valence electrons. The van der Waals surface area contributed by atoms with Gasteiger partial charge in [-0.15, -0.1) is 0 Å². The molecule has 1 heterocycles. The lowest BCUT2D eigenvalue weighted by Gasteiger charge is -2.11. The van der Waals surface area contributed by atoms with E-state index in [-0.39, 0.29) is 6.61 Å². The fourth-order valence-corrected chi connectivity index (χ4v) is 3.67. The van der Waals surface area contributed by atoms with Crippen LogP contribution in [0, 0.1) is 0 Å². The molecule has 4 heteroatoms. The summed E-state index contributed by atoms with van der Waals surface area (Å²) in [7, 11) is 0. The van der Waals surface area contributed by atoms with E-state index in [4.69, 9.17) is 9.47 Å². The lowest BCUT2D eigenvalue weighted by atomic mass is 10.1. The zero-order chi connectivity index (χ0) is 22.9. The second kappa shape index (κ2) is 16.5. The minimum Gasteiger partial charge on any atom is -0.494 e. The summed E-state index contributed by atoms with van der Waals surface area (Å²) >= 11 is 0. The normalized spacial score (nSPS) is 12.0.